The third kappa shape index (κ3) is 3.87. The fourth-order valence-electron chi connectivity index (χ4n) is 3.55. The SMILES string of the molecule is COc1ccc(C[NH+]2CCN(c3ccc(F)cc3)CC2)c(OC)c1C. The molecule has 1 fully saturated rings. The van der Waals surface area contributed by atoms with Gasteiger partial charge in [0.05, 0.1) is 40.4 Å². The Morgan fingerprint density at radius 3 is 2.28 bits per heavy atom. The largest absolute Gasteiger partial charge is 0.496 e. The molecule has 3 rings (SSSR count). The number of benzene rings is 2. The van der Waals surface area contributed by atoms with Crippen LogP contribution in [-0.2, 0) is 6.54 Å². The first-order chi connectivity index (χ1) is 12.1. The summed E-state index contributed by atoms with van der Waals surface area (Å²) in [6, 6.07) is 10.9. The van der Waals surface area contributed by atoms with Crippen molar-refractivity contribution in [2.75, 3.05) is 45.3 Å². The number of nitrogens with zero attached hydrogens (tertiary/aromatic N) is 1. The Morgan fingerprint density at radius 2 is 1.68 bits per heavy atom. The lowest BCUT2D eigenvalue weighted by molar-refractivity contribution is -0.914. The number of hydrogen-bond acceptors (Lipinski definition) is 3. The molecule has 0 radical (unpaired) electrons. The molecule has 0 aromatic heterocycles. The van der Waals surface area contributed by atoms with E-state index in [1.807, 2.05) is 25.1 Å². The van der Waals surface area contributed by atoms with Gasteiger partial charge in [-0.3, -0.25) is 0 Å². The van der Waals surface area contributed by atoms with Crippen LogP contribution in [0.5, 0.6) is 11.5 Å². The topological polar surface area (TPSA) is 26.1 Å². The second-order valence-electron chi connectivity index (χ2n) is 6.48. The van der Waals surface area contributed by atoms with Gasteiger partial charge in [0.15, 0.2) is 0 Å². The Morgan fingerprint density at radius 1 is 1.00 bits per heavy atom. The molecule has 2 aromatic rings. The molecular weight excluding hydrogens is 319 g/mol. The van der Waals surface area contributed by atoms with Crippen molar-refractivity contribution in [1.82, 2.24) is 0 Å². The number of anilines is 1. The molecule has 5 heteroatoms. The highest BCUT2D eigenvalue weighted by molar-refractivity contribution is 5.49. The van der Waals surface area contributed by atoms with Crippen LogP contribution in [0.2, 0.25) is 0 Å². The first-order valence-electron chi connectivity index (χ1n) is 8.67. The number of quaternary nitrogens is 1. The number of hydrogen-bond donors (Lipinski definition) is 1. The highest BCUT2D eigenvalue weighted by atomic mass is 19.1. The van der Waals surface area contributed by atoms with Crippen LogP contribution in [-0.4, -0.2) is 40.4 Å². The van der Waals surface area contributed by atoms with Crippen molar-refractivity contribution in [3.63, 3.8) is 0 Å². The van der Waals surface area contributed by atoms with Crippen LogP contribution in [0.1, 0.15) is 11.1 Å². The van der Waals surface area contributed by atoms with Crippen LogP contribution in [0.25, 0.3) is 0 Å². The monoisotopic (exact) mass is 345 g/mol. The average Bonchev–Trinajstić information content (AvgIpc) is 2.63. The van der Waals surface area contributed by atoms with Gasteiger partial charge in [0.25, 0.3) is 0 Å². The molecule has 1 saturated heterocycles. The molecule has 0 saturated carbocycles. The van der Waals surface area contributed by atoms with Gasteiger partial charge in [-0.05, 0) is 43.3 Å². The van der Waals surface area contributed by atoms with Gasteiger partial charge in [-0.2, -0.15) is 0 Å². The predicted molar refractivity (Wildman–Crippen MR) is 97.3 cm³/mol. The van der Waals surface area contributed by atoms with Gasteiger partial charge in [-0.1, -0.05) is 0 Å². The fraction of sp³-hybridized carbons (Fsp3) is 0.400. The summed E-state index contributed by atoms with van der Waals surface area (Å²) in [6.45, 7) is 7.00. The summed E-state index contributed by atoms with van der Waals surface area (Å²) in [5, 5.41) is 0. The highest BCUT2D eigenvalue weighted by Gasteiger charge is 2.22. The van der Waals surface area contributed by atoms with Gasteiger partial charge in [-0.25, -0.2) is 4.39 Å². The number of methoxy groups -OCH3 is 2. The molecule has 0 bridgehead atoms. The molecule has 2 aromatic carbocycles. The first kappa shape index (κ1) is 17.5. The van der Waals surface area contributed by atoms with E-state index in [4.69, 9.17) is 9.47 Å². The third-order valence-corrected chi connectivity index (χ3v) is 4.96. The molecule has 1 aliphatic rings. The molecule has 0 spiro atoms. The van der Waals surface area contributed by atoms with Gasteiger partial charge in [0, 0.05) is 16.8 Å². The van der Waals surface area contributed by atoms with E-state index < -0.39 is 0 Å². The van der Waals surface area contributed by atoms with Crippen LogP contribution in [0.4, 0.5) is 10.1 Å². The van der Waals surface area contributed by atoms with Crippen LogP contribution < -0.4 is 19.3 Å². The first-order valence-corrected chi connectivity index (χ1v) is 8.67. The van der Waals surface area contributed by atoms with Crippen LogP contribution in [0, 0.1) is 12.7 Å². The van der Waals surface area contributed by atoms with E-state index in [0.29, 0.717) is 0 Å². The van der Waals surface area contributed by atoms with E-state index in [1.165, 1.54) is 22.6 Å². The number of ether oxygens (including phenoxy) is 2. The average molecular weight is 345 g/mol. The molecular formula is C20H26FN2O2+. The van der Waals surface area contributed by atoms with Crippen LogP contribution in [0.3, 0.4) is 0 Å². The quantitative estimate of drug-likeness (QED) is 0.898. The van der Waals surface area contributed by atoms with E-state index in [0.717, 1.165) is 55.5 Å². The van der Waals surface area contributed by atoms with Crippen molar-refractivity contribution in [2.45, 2.75) is 13.5 Å². The lowest BCUT2D eigenvalue weighted by atomic mass is 10.1. The number of piperazine rings is 1. The normalized spacial score (nSPS) is 15.3. The van der Waals surface area contributed by atoms with Gasteiger partial charge < -0.3 is 19.3 Å². The number of halogens is 1. The second-order valence-corrected chi connectivity index (χ2v) is 6.48. The van der Waals surface area contributed by atoms with E-state index in [1.54, 1.807) is 14.2 Å². The lowest BCUT2D eigenvalue weighted by Crippen LogP contribution is -3.13. The minimum Gasteiger partial charge on any atom is -0.496 e. The van der Waals surface area contributed by atoms with Crippen LogP contribution in [0.15, 0.2) is 36.4 Å². The zero-order valence-corrected chi connectivity index (χ0v) is 15.1. The van der Waals surface area contributed by atoms with E-state index in [9.17, 15) is 4.39 Å². The molecule has 1 heterocycles. The number of nitrogens with one attached hydrogen (secondary N) is 1. The van der Waals surface area contributed by atoms with Crippen molar-refractivity contribution in [1.29, 1.82) is 0 Å². The Labute approximate surface area is 148 Å². The molecule has 25 heavy (non-hydrogen) atoms. The van der Waals surface area contributed by atoms with Crippen molar-refractivity contribution in [2.24, 2.45) is 0 Å². The summed E-state index contributed by atoms with van der Waals surface area (Å²) < 4.78 is 24.1. The smallest absolute Gasteiger partial charge is 0.134 e. The van der Waals surface area contributed by atoms with Crippen LogP contribution >= 0.6 is 0 Å². The Kier molecular flexibility index (Phi) is 5.43. The zero-order valence-electron chi connectivity index (χ0n) is 15.1. The van der Waals surface area contributed by atoms with Gasteiger partial charge in [-0.15, -0.1) is 0 Å². The van der Waals surface area contributed by atoms with Gasteiger partial charge in [0.1, 0.15) is 23.9 Å². The molecule has 0 aliphatic carbocycles. The predicted octanol–water partition coefficient (Wildman–Crippen LogP) is 2.06. The maximum absolute atomic E-state index is 13.1. The van der Waals surface area contributed by atoms with Crippen molar-refractivity contribution in [3.8, 4) is 11.5 Å². The molecule has 1 N–H and O–H groups in total. The molecule has 1 aliphatic heterocycles. The Balaban J connectivity index is 1.64. The molecule has 0 atom stereocenters. The van der Waals surface area contributed by atoms with Crippen molar-refractivity contribution >= 4 is 5.69 Å². The van der Waals surface area contributed by atoms with Crippen molar-refractivity contribution in [3.05, 3.63) is 53.3 Å². The summed E-state index contributed by atoms with van der Waals surface area (Å²) in [4.78, 5) is 3.85. The Bertz CT molecular complexity index is 710. The molecule has 4 nitrogen and oxygen atoms in total. The minimum atomic E-state index is -0.185. The van der Waals surface area contributed by atoms with Gasteiger partial charge in [0.2, 0.25) is 0 Å². The fourth-order valence-corrected chi connectivity index (χ4v) is 3.55. The van der Waals surface area contributed by atoms with Crippen molar-refractivity contribution < 1.29 is 18.8 Å². The Hall–Kier alpha value is -2.27. The zero-order chi connectivity index (χ0) is 17.8. The maximum Gasteiger partial charge on any atom is 0.134 e. The summed E-state index contributed by atoms with van der Waals surface area (Å²) in [5.74, 6) is 1.60. The van der Waals surface area contributed by atoms with E-state index in [-0.39, 0.29) is 5.82 Å². The maximum atomic E-state index is 13.1. The number of rotatable bonds is 5. The molecule has 134 valence electrons. The third-order valence-electron chi connectivity index (χ3n) is 4.96. The summed E-state index contributed by atoms with van der Waals surface area (Å²) in [5.41, 5.74) is 3.36. The second kappa shape index (κ2) is 7.74. The minimum absolute atomic E-state index is 0.185. The lowest BCUT2D eigenvalue weighted by Gasteiger charge is -2.34. The summed E-state index contributed by atoms with van der Waals surface area (Å²) in [7, 11) is 3.40. The molecule has 0 unspecified atom stereocenters. The highest BCUT2D eigenvalue weighted by Crippen LogP contribution is 2.30. The molecule has 0 amide bonds. The summed E-state index contributed by atoms with van der Waals surface area (Å²) >= 11 is 0. The van der Waals surface area contributed by atoms with Gasteiger partial charge >= 0.3 is 0 Å². The van der Waals surface area contributed by atoms with E-state index >= 15 is 0 Å². The standard InChI is InChI=1S/C20H25FN2O2/c1-15-19(24-2)9-4-16(20(15)25-3)14-22-10-12-23(13-11-22)18-7-5-17(21)6-8-18/h4-9H,10-14H2,1-3H3/p+1. The summed E-state index contributed by atoms with van der Waals surface area (Å²) in [6.07, 6.45) is 0. The van der Waals surface area contributed by atoms with E-state index in [2.05, 4.69) is 11.0 Å².